The summed E-state index contributed by atoms with van der Waals surface area (Å²) in [5.41, 5.74) is 2.61. The fraction of sp³-hybridized carbons (Fsp3) is 0.235. The molecule has 0 radical (unpaired) electrons. The van der Waals surface area contributed by atoms with E-state index in [-0.39, 0.29) is 18.3 Å². The van der Waals surface area contributed by atoms with Gasteiger partial charge in [0.05, 0.1) is 13.2 Å². The number of carbonyl (C=O) groups excluding carboxylic acids is 1. The van der Waals surface area contributed by atoms with Crippen LogP contribution in [0, 0.1) is 0 Å². The van der Waals surface area contributed by atoms with Gasteiger partial charge in [-0.3, -0.25) is 0 Å². The Hall–Kier alpha value is -2.33. The molecule has 2 aromatic rings. The summed E-state index contributed by atoms with van der Waals surface area (Å²) in [7, 11) is 0. The summed E-state index contributed by atoms with van der Waals surface area (Å²) in [6.07, 6.45) is 0. The van der Waals surface area contributed by atoms with Crippen molar-refractivity contribution < 1.29 is 19.4 Å². The first-order valence-corrected chi connectivity index (χ1v) is 6.81. The third-order valence-corrected chi connectivity index (χ3v) is 2.94. The Morgan fingerprint density at radius 3 is 2.71 bits per heavy atom. The molecule has 2 rings (SSSR count). The number of hydrogen-bond acceptors (Lipinski definition) is 4. The Balaban J connectivity index is 2.02. The van der Waals surface area contributed by atoms with Crippen molar-refractivity contribution in [3.05, 3.63) is 54.1 Å². The van der Waals surface area contributed by atoms with Crippen LogP contribution in [-0.2, 0) is 20.9 Å². The van der Waals surface area contributed by atoms with Crippen LogP contribution in [0.15, 0.2) is 48.5 Å². The van der Waals surface area contributed by atoms with Crippen LogP contribution in [0.4, 0.5) is 0 Å². The zero-order chi connectivity index (χ0) is 15.1. The lowest BCUT2D eigenvalue weighted by molar-refractivity contribution is -0.148. The maximum absolute atomic E-state index is 11.2. The highest BCUT2D eigenvalue weighted by Gasteiger charge is 2.05. The summed E-state index contributed by atoms with van der Waals surface area (Å²) >= 11 is 0. The van der Waals surface area contributed by atoms with Crippen LogP contribution in [0.25, 0.3) is 11.1 Å². The lowest BCUT2D eigenvalue weighted by atomic mass is 10.0. The predicted octanol–water partition coefficient (Wildman–Crippen LogP) is 3.14. The summed E-state index contributed by atoms with van der Waals surface area (Å²) in [6, 6.07) is 14.8. The van der Waals surface area contributed by atoms with E-state index >= 15 is 0 Å². The molecule has 0 bridgehead atoms. The number of phenolic OH excluding ortho intramolecular Hbond substituents is 1. The number of carbonyl (C=O) groups is 1. The second kappa shape index (κ2) is 7.45. The topological polar surface area (TPSA) is 55.8 Å². The van der Waals surface area contributed by atoms with Crippen molar-refractivity contribution in [3.63, 3.8) is 0 Å². The van der Waals surface area contributed by atoms with Gasteiger partial charge < -0.3 is 14.6 Å². The Bertz CT molecular complexity index is 607. The number of para-hydroxylation sites is 1. The molecule has 21 heavy (non-hydrogen) atoms. The molecule has 2 aromatic carbocycles. The molecule has 0 saturated carbocycles. The lowest BCUT2D eigenvalue weighted by Crippen LogP contribution is -2.12. The maximum atomic E-state index is 11.2. The Kier molecular flexibility index (Phi) is 5.35. The van der Waals surface area contributed by atoms with Crippen LogP contribution < -0.4 is 0 Å². The molecule has 0 fully saturated rings. The first-order chi connectivity index (χ1) is 10.2. The molecular formula is C17H18O4. The van der Waals surface area contributed by atoms with Gasteiger partial charge in [-0.2, -0.15) is 0 Å². The quantitative estimate of drug-likeness (QED) is 0.829. The largest absolute Gasteiger partial charge is 0.507 e. The van der Waals surface area contributed by atoms with Crippen molar-refractivity contribution in [3.8, 4) is 16.9 Å². The zero-order valence-corrected chi connectivity index (χ0v) is 11.9. The van der Waals surface area contributed by atoms with Crippen LogP contribution in [-0.4, -0.2) is 24.3 Å². The van der Waals surface area contributed by atoms with Gasteiger partial charge in [-0.15, -0.1) is 0 Å². The molecule has 0 aliphatic carbocycles. The Morgan fingerprint density at radius 2 is 1.95 bits per heavy atom. The van der Waals surface area contributed by atoms with Crippen molar-refractivity contribution in [2.24, 2.45) is 0 Å². The van der Waals surface area contributed by atoms with E-state index in [4.69, 9.17) is 9.47 Å². The third kappa shape index (κ3) is 4.33. The maximum Gasteiger partial charge on any atom is 0.332 e. The average Bonchev–Trinajstić information content (AvgIpc) is 2.48. The van der Waals surface area contributed by atoms with Crippen molar-refractivity contribution >= 4 is 5.97 Å². The smallest absolute Gasteiger partial charge is 0.332 e. The van der Waals surface area contributed by atoms with E-state index in [1.807, 2.05) is 36.4 Å². The van der Waals surface area contributed by atoms with Crippen LogP contribution in [0.1, 0.15) is 12.5 Å². The predicted molar refractivity (Wildman–Crippen MR) is 79.8 cm³/mol. The number of benzene rings is 2. The van der Waals surface area contributed by atoms with Gasteiger partial charge in [0.25, 0.3) is 0 Å². The van der Waals surface area contributed by atoms with E-state index in [1.54, 1.807) is 19.1 Å². The molecule has 0 unspecified atom stereocenters. The number of hydrogen-bond donors (Lipinski definition) is 1. The van der Waals surface area contributed by atoms with Gasteiger partial charge in [0.15, 0.2) is 0 Å². The summed E-state index contributed by atoms with van der Waals surface area (Å²) in [5.74, 6) is -0.128. The average molecular weight is 286 g/mol. The highest BCUT2D eigenvalue weighted by Crippen LogP contribution is 2.29. The molecule has 0 aliphatic rings. The van der Waals surface area contributed by atoms with Gasteiger partial charge in [-0.1, -0.05) is 36.4 Å². The number of rotatable bonds is 6. The number of aromatic hydroxyl groups is 1. The van der Waals surface area contributed by atoms with Crippen molar-refractivity contribution in [1.29, 1.82) is 0 Å². The van der Waals surface area contributed by atoms with E-state index in [0.29, 0.717) is 13.2 Å². The number of phenols is 1. The summed E-state index contributed by atoms with van der Waals surface area (Å²) in [4.78, 5) is 11.2. The Labute approximate surface area is 123 Å². The third-order valence-electron chi connectivity index (χ3n) is 2.94. The molecule has 1 N–H and O–H groups in total. The standard InChI is InChI=1S/C17H18O4/c1-2-21-17(19)12-20-11-13-6-5-7-14(10-13)15-8-3-4-9-16(15)18/h3-10,18H,2,11-12H2,1H3. The SMILES string of the molecule is CCOC(=O)COCc1cccc(-c2ccccc2O)c1. The molecule has 0 amide bonds. The van der Waals surface area contributed by atoms with E-state index < -0.39 is 0 Å². The molecule has 0 heterocycles. The highest BCUT2D eigenvalue weighted by atomic mass is 16.6. The van der Waals surface area contributed by atoms with Gasteiger partial charge in [0, 0.05) is 5.56 Å². The van der Waals surface area contributed by atoms with Gasteiger partial charge in [0.2, 0.25) is 0 Å². The van der Waals surface area contributed by atoms with Crippen molar-refractivity contribution in [2.45, 2.75) is 13.5 Å². The normalized spacial score (nSPS) is 10.3. The molecule has 0 aromatic heterocycles. The van der Waals surface area contributed by atoms with E-state index in [9.17, 15) is 9.90 Å². The lowest BCUT2D eigenvalue weighted by Gasteiger charge is -2.08. The zero-order valence-electron chi connectivity index (χ0n) is 11.9. The minimum Gasteiger partial charge on any atom is -0.507 e. The molecular weight excluding hydrogens is 268 g/mol. The molecule has 0 saturated heterocycles. The van der Waals surface area contributed by atoms with Gasteiger partial charge in [0.1, 0.15) is 12.4 Å². The summed E-state index contributed by atoms with van der Waals surface area (Å²) < 4.78 is 10.1. The van der Waals surface area contributed by atoms with Gasteiger partial charge in [-0.05, 0) is 30.2 Å². The minimum absolute atomic E-state index is 0.0609. The molecule has 0 aliphatic heterocycles. The monoisotopic (exact) mass is 286 g/mol. The molecule has 4 heteroatoms. The number of ether oxygens (including phenoxy) is 2. The highest BCUT2D eigenvalue weighted by molar-refractivity contribution is 5.71. The first kappa shape index (κ1) is 15.1. The van der Waals surface area contributed by atoms with Gasteiger partial charge in [-0.25, -0.2) is 4.79 Å². The Morgan fingerprint density at radius 1 is 1.14 bits per heavy atom. The molecule has 110 valence electrons. The number of esters is 1. The first-order valence-electron chi connectivity index (χ1n) is 6.81. The van der Waals surface area contributed by atoms with Gasteiger partial charge >= 0.3 is 5.97 Å². The fourth-order valence-electron chi connectivity index (χ4n) is 2.00. The molecule has 0 atom stereocenters. The summed E-state index contributed by atoms with van der Waals surface area (Å²) in [6.45, 7) is 2.37. The molecule has 4 nitrogen and oxygen atoms in total. The second-order valence-corrected chi connectivity index (χ2v) is 4.52. The summed E-state index contributed by atoms with van der Waals surface area (Å²) in [5, 5.41) is 9.87. The van der Waals surface area contributed by atoms with Crippen molar-refractivity contribution in [1.82, 2.24) is 0 Å². The van der Waals surface area contributed by atoms with Crippen LogP contribution in [0.2, 0.25) is 0 Å². The van der Waals surface area contributed by atoms with E-state index in [0.717, 1.165) is 16.7 Å². The van der Waals surface area contributed by atoms with E-state index in [1.165, 1.54) is 0 Å². The fourth-order valence-corrected chi connectivity index (χ4v) is 2.00. The van der Waals surface area contributed by atoms with Crippen molar-refractivity contribution in [2.75, 3.05) is 13.2 Å². The molecule has 0 spiro atoms. The second-order valence-electron chi connectivity index (χ2n) is 4.52. The minimum atomic E-state index is -0.366. The van der Waals surface area contributed by atoms with Crippen LogP contribution in [0.3, 0.4) is 0 Å². The van der Waals surface area contributed by atoms with E-state index in [2.05, 4.69) is 0 Å². The van der Waals surface area contributed by atoms with Crippen LogP contribution >= 0.6 is 0 Å². The van der Waals surface area contributed by atoms with Crippen LogP contribution in [0.5, 0.6) is 5.75 Å².